The number of carboxylic acids is 1. The second-order valence-electron chi connectivity index (χ2n) is 2.91. The SMILES string of the molecule is C[13C@H](CC(=O)O)c1ccccc1. The average molecular weight is 165 g/mol. The van der Waals surface area contributed by atoms with Crippen LogP contribution in [0.15, 0.2) is 30.3 Å². The maximum Gasteiger partial charge on any atom is 0.303 e. The summed E-state index contributed by atoms with van der Waals surface area (Å²) in [7, 11) is 0. The molecule has 1 aromatic carbocycles. The third kappa shape index (κ3) is 2.38. The van der Waals surface area contributed by atoms with Gasteiger partial charge in [0.1, 0.15) is 0 Å². The predicted molar refractivity (Wildman–Crippen MR) is 47.1 cm³/mol. The van der Waals surface area contributed by atoms with Crippen molar-refractivity contribution in [3.63, 3.8) is 0 Å². The standard InChI is InChI=1S/C10H12O2/c1-8(7-10(11)12)9-5-3-2-4-6-9/h2-6,8H,7H2,1H3,(H,11,12)/t8-/m1/s1/i8+1. The number of hydrogen-bond acceptors (Lipinski definition) is 1. The van der Waals surface area contributed by atoms with Gasteiger partial charge in [-0.3, -0.25) is 4.79 Å². The summed E-state index contributed by atoms with van der Waals surface area (Å²) in [4.78, 5) is 10.4. The normalized spacial score (nSPS) is 12.4. The van der Waals surface area contributed by atoms with Gasteiger partial charge in [-0.1, -0.05) is 37.3 Å². The Morgan fingerprint density at radius 1 is 1.42 bits per heavy atom. The molecule has 0 amide bonds. The first-order chi connectivity index (χ1) is 5.70. The number of aliphatic carboxylic acids is 1. The van der Waals surface area contributed by atoms with Crippen LogP contribution in [0.4, 0.5) is 0 Å². The molecule has 0 saturated carbocycles. The molecule has 0 aliphatic heterocycles. The molecule has 0 spiro atoms. The highest BCUT2D eigenvalue weighted by Gasteiger charge is 2.08. The minimum atomic E-state index is -0.744. The number of carboxylic acid groups (broad SMARTS) is 1. The lowest BCUT2D eigenvalue weighted by Gasteiger charge is -2.07. The molecule has 0 heterocycles. The van der Waals surface area contributed by atoms with E-state index in [-0.39, 0.29) is 12.3 Å². The van der Waals surface area contributed by atoms with Crippen molar-refractivity contribution in [3.05, 3.63) is 35.9 Å². The van der Waals surface area contributed by atoms with Crippen LogP contribution in [0.2, 0.25) is 0 Å². The maximum atomic E-state index is 10.4. The summed E-state index contributed by atoms with van der Waals surface area (Å²) in [5.74, 6) is -0.643. The van der Waals surface area contributed by atoms with Gasteiger partial charge in [0.15, 0.2) is 0 Å². The molecular weight excluding hydrogens is 153 g/mol. The Labute approximate surface area is 71.8 Å². The summed E-state index contributed by atoms with van der Waals surface area (Å²) in [5, 5.41) is 8.55. The molecule has 64 valence electrons. The topological polar surface area (TPSA) is 37.3 Å². The van der Waals surface area contributed by atoms with Crippen LogP contribution in [0.25, 0.3) is 0 Å². The van der Waals surface area contributed by atoms with Crippen molar-refractivity contribution >= 4 is 5.97 Å². The summed E-state index contributed by atoms with van der Waals surface area (Å²) >= 11 is 0. The van der Waals surface area contributed by atoms with Crippen molar-refractivity contribution in [1.82, 2.24) is 0 Å². The van der Waals surface area contributed by atoms with E-state index in [1.165, 1.54) is 0 Å². The molecule has 0 bridgehead atoms. The van der Waals surface area contributed by atoms with E-state index in [1.54, 1.807) is 0 Å². The fourth-order valence-electron chi connectivity index (χ4n) is 1.16. The number of rotatable bonds is 3. The van der Waals surface area contributed by atoms with Gasteiger partial charge in [0.05, 0.1) is 6.42 Å². The molecule has 0 saturated heterocycles. The lowest BCUT2D eigenvalue weighted by Crippen LogP contribution is -2.02. The van der Waals surface area contributed by atoms with Gasteiger partial charge in [-0.05, 0) is 11.5 Å². The lowest BCUT2D eigenvalue weighted by atomic mass is 10.2. The van der Waals surface area contributed by atoms with Gasteiger partial charge in [-0.15, -0.1) is 0 Å². The quantitative estimate of drug-likeness (QED) is 0.697. The molecule has 12 heavy (non-hydrogen) atoms. The van der Waals surface area contributed by atoms with Gasteiger partial charge in [-0.25, -0.2) is 0 Å². The molecule has 1 aromatic rings. The van der Waals surface area contributed by atoms with Crippen molar-refractivity contribution < 1.29 is 9.90 Å². The third-order valence-electron chi connectivity index (χ3n) is 1.85. The summed E-state index contributed by atoms with van der Waals surface area (Å²) in [6.07, 6.45) is 0.198. The van der Waals surface area contributed by atoms with Gasteiger partial charge >= 0.3 is 5.97 Å². The van der Waals surface area contributed by atoms with E-state index in [0.29, 0.717) is 0 Å². The van der Waals surface area contributed by atoms with Crippen molar-refractivity contribution in [2.24, 2.45) is 0 Å². The van der Waals surface area contributed by atoms with E-state index in [1.807, 2.05) is 37.3 Å². The Morgan fingerprint density at radius 3 is 2.50 bits per heavy atom. The highest BCUT2D eigenvalue weighted by Crippen LogP contribution is 2.17. The molecule has 1 rings (SSSR count). The van der Waals surface area contributed by atoms with Crippen molar-refractivity contribution in [2.75, 3.05) is 0 Å². The van der Waals surface area contributed by atoms with Crippen LogP contribution in [0.3, 0.4) is 0 Å². The second-order valence-corrected chi connectivity index (χ2v) is 2.91. The molecule has 0 radical (unpaired) electrons. The van der Waals surface area contributed by atoms with E-state index in [0.717, 1.165) is 5.56 Å². The van der Waals surface area contributed by atoms with Crippen LogP contribution >= 0.6 is 0 Å². The van der Waals surface area contributed by atoms with Gasteiger partial charge in [0.25, 0.3) is 0 Å². The van der Waals surface area contributed by atoms with Gasteiger partial charge < -0.3 is 5.11 Å². The fraction of sp³-hybridized carbons (Fsp3) is 0.300. The van der Waals surface area contributed by atoms with E-state index < -0.39 is 5.97 Å². The Bertz CT molecular complexity index is 254. The maximum absolute atomic E-state index is 10.4. The molecule has 0 unspecified atom stereocenters. The van der Waals surface area contributed by atoms with E-state index >= 15 is 0 Å². The highest BCUT2D eigenvalue weighted by molar-refractivity contribution is 5.67. The molecule has 2 heteroatoms. The number of carbonyl (C=O) groups is 1. The van der Waals surface area contributed by atoms with Crippen LogP contribution in [-0.4, -0.2) is 11.1 Å². The smallest absolute Gasteiger partial charge is 0.303 e. The molecule has 0 fully saturated rings. The van der Waals surface area contributed by atoms with E-state index in [4.69, 9.17) is 5.11 Å². The van der Waals surface area contributed by atoms with Crippen molar-refractivity contribution in [3.8, 4) is 0 Å². The molecule has 1 N–H and O–H groups in total. The van der Waals surface area contributed by atoms with Crippen molar-refractivity contribution in [2.45, 2.75) is 19.3 Å². The van der Waals surface area contributed by atoms with Gasteiger partial charge in [0.2, 0.25) is 0 Å². The minimum absolute atomic E-state index is 0.101. The Balaban J connectivity index is 2.65. The molecule has 2 nitrogen and oxygen atoms in total. The predicted octanol–water partition coefficient (Wildman–Crippen LogP) is 2.26. The largest absolute Gasteiger partial charge is 0.481 e. The molecular formula is C10H12O2. The molecule has 0 aliphatic carbocycles. The zero-order chi connectivity index (χ0) is 8.97. The summed E-state index contributed by atoms with van der Waals surface area (Å²) < 4.78 is 0. The Kier molecular flexibility index (Phi) is 2.86. The van der Waals surface area contributed by atoms with Crippen LogP contribution in [0, 0.1) is 0 Å². The van der Waals surface area contributed by atoms with Gasteiger partial charge in [-0.2, -0.15) is 0 Å². The third-order valence-corrected chi connectivity index (χ3v) is 1.85. The molecule has 0 aromatic heterocycles. The monoisotopic (exact) mass is 165 g/mol. The second kappa shape index (κ2) is 3.90. The van der Waals surface area contributed by atoms with E-state index in [2.05, 4.69) is 0 Å². The highest BCUT2D eigenvalue weighted by atomic mass is 16.4. The summed E-state index contributed by atoms with van der Waals surface area (Å²) in [6.45, 7) is 1.92. The Hall–Kier alpha value is -1.31. The van der Waals surface area contributed by atoms with Crippen LogP contribution < -0.4 is 0 Å². The van der Waals surface area contributed by atoms with Gasteiger partial charge in [0, 0.05) is 0 Å². The number of benzene rings is 1. The van der Waals surface area contributed by atoms with Crippen LogP contribution in [-0.2, 0) is 4.79 Å². The number of hydrogen-bond donors (Lipinski definition) is 1. The summed E-state index contributed by atoms with van der Waals surface area (Å²) in [6, 6.07) is 9.68. The first-order valence-electron chi connectivity index (χ1n) is 3.97. The summed E-state index contributed by atoms with van der Waals surface area (Å²) in [5.41, 5.74) is 1.08. The molecule has 0 aliphatic rings. The zero-order valence-corrected chi connectivity index (χ0v) is 7.03. The fourth-order valence-corrected chi connectivity index (χ4v) is 1.16. The zero-order valence-electron chi connectivity index (χ0n) is 7.03. The average Bonchev–Trinajstić information content (AvgIpc) is 2.05. The first kappa shape index (κ1) is 8.78. The Morgan fingerprint density at radius 2 is 2.00 bits per heavy atom. The first-order valence-corrected chi connectivity index (χ1v) is 3.97. The van der Waals surface area contributed by atoms with Crippen molar-refractivity contribution in [1.29, 1.82) is 0 Å². The minimum Gasteiger partial charge on any atom is -0.481 e. The van der Waals surface area contributed by atoms with Crippen LogP contribution in [0.1, 0.15) is 24.8 Å². The lowest BCUT2D eigenvalue weighted by molar-refractivity contribution is -0.137. The van der Waals surface area contributed by atoms with Crippen LogP contribution in [0.5, 0.6) is 0 Å². The van der Waals surface area contributed by atoms with E-state index in [9.17, 15) is 4.79 Å². The molecule has 1 atom stereocenters.